The van der Waals surface area contributed by atoms with Crippen molar-refractivity contribution in [3.05, 3.63) is 59.3 Å². The van der Waals surface area contributed by atoms with Gasteiger partial charge in [-0.25, -0.2) is 0 Å². The Morgan fingerprint density at radius 3 is 2.61 bits per heavy atom. The molecule has 0 unspecified atom stereocenters. The van der Waals surface area contributed by atoms with Crippen molar-refractivity contribution in [2.24, 2.45) is 0 Å². The summed E-state index contributed by atoms with van der Waals surface area (Å²) in [5, 5.41) is 19.8. The van der Waals surface area contributed by atoms with Gasteiger partial charge in [-0.15, -0.1) is 0 Å². The molecule has 3 aromatic rings. The van der Waals surface area contributed by atoms with Gasteiger partial charge in [-0.1, -0.05) is 12.1 Å². The number of aryl methyl sites for hydroxylation is 1. The number of hydrogen-bond donors (Lipinski definition) is 3. The normalized spacial score (nSPS) is 10.5. The maximum absolute atomic E-state index is 12.4. The minimum atomic E-state index is -0.258. The smallest absolute Gasteiger partial charge is 0.269 e. The zero-order chi connectivity index (χ0) is 20.1. The fraction of sp³-hybridized carbons (Fsp3) is 0.238. The molecule has 0 spiro atoms. The summed E-state index contributed by atoms with van der Waals surface area (Å²) in [5.41, 5.74) is 3.40. The topological polar surface area (TPSA) is 96.5 Å². The van der Waals surface area contributed by atoms with E-state index in [1.165, 1.54) is 0 Å². The van der Waals surface area contributed by atoms with E-state index < -0.39 is 0 Å². The van der Waals surface area contributed by atoms with Crippen LogP contribution in [-0.4, -0.2) is 42.0 Å². The number of aromatic nitrogens is 2. The van der Waals surface area contributed by atoms with Crippen LogP contribution in [-0.2, 0) is 6.42 Å². The van der Waals surface area contributed by atoms with Crippen LogP contribution in [0.1, 0.15) is 21.6 Å². The quantitative estimate of drug-likeness (QED) is 0.584. The number of hydrogen-bond acceptors (Lipinski definition) is 5. The first-order valence-electron chi connectivity index (χ1n) is 8.86. The van der Waals surface area contributed by atoms with Gasteiger partial charge < -0.3 is 19.9 Å². The summed E-state index contributed by atoms with van der Waals surface area (Å²) in [5.74, 6) is 1.19. The number of carbonyl (C=O) groups excluding carboxylic acids is 1. The molecule has 1 heterocycles. The number of amides is 1. The summed E-state index contributed by atoms with van der Waals surface area (Å²) < 4.78 is 10.5. The van der Waals surface area contributed by atoms with Gasteiger partial charge in [0.15, 0.2) is 11.5 Å². The molecular weight excluding hydrogens is 358 g/mol. The Kier molecular flexibility index (Phi) is 5.84. The molecular formula is C21H23N3O4. The van der Waals surface area contributed by atoms with Crippen molar-refractivity contribution in [1.29, 1.82) is 0 Å². The monoisotopic (exact) mass is 381 g/mol. The minimum Gasteiger partial charge on any atom is -0.507 e. The highest BCUT2D eigenvalue weighted by Crippen LogP contribution is 2.29. The summed E-state index contributed by atoms with van der Waals surface area (Å²) >= 11 is 0. The van der Waals surface area contributed by atoms with Gasteiger partial charge in [0, 0.05) is 12.1 Å². The standard InChI is InChI=1S/C21H23N3O4/c1-13-4-6-15(18(25)10-13)16-12-17(24-23-16)21(26)22-9-8-14-5-7-19(27-2)20(11-14)28-3/h4-7,10-12,25H,8-9H2,1-3H3,(H,22,26)(H,23,24). The van der Waals surface area contributed by atoms with Crippen molar-refractivity contribution in [3.63, 3.8) is 0 Å². The zero-order valence-corrected chi connectivity index (χ0v) is 16.1. The van der Waals surface area contributed by atoms with E-state index in [2.05, 4.69) is 15.5 Å². The molecule has 1 aromatic heterocycles. The molecule has 0 aliphatic rings. The predicted octanol–water partition coefficient (Wildman–Crippen LogP) is 3.08. The molecule has 1 amide bonds. The SMILES string of the molecule is COc1ccc(CCNC(=O)c2cc(-c3ccc(C)cc3O)n[nH]2)cc1OC. The lowest BCUT2D eigenvalue weighted by Crippen LogP contribution is -2.26. The molecule has 146 valence electrons. The van der Waals surface area contributed by atoms with E-state index >= 15 is 0 Å². The van der Waals surface area contributed by atoms with E-state index in [0.29, 0.717) is 41.4 Å². The lowest BCUT2D eigenvalue weighted by atomic mass is 10.1. The van der Waals surface area contributed by atoms with Gasteiger partial charge in [0.1, 0.15) is 11.4 Å². The Balaban J connectivity index is 1.61. The van der Waals surface area contributed by atoms with Crippen molar-refractivity contribution in [2.75, 3.05) is 20.8 Å². The van der Waals surface area contributed by atoms with E-state index in [4.69, 9.17) is 9.47 Å². The lowest BCUT2D eigenvalue weighted by Gasteiger charge is -2.09. The average Bonchev–Trinajstić information content (AvgIpc) is 3.17. The van der Waals surface area contributed by atoms with Gasteiger partial charge in [-0.2, -0.15) is 5.10 Å². The Labute approximate surface area is 163 Å². The van der Waals surface area contributed by atoms with E-state index in [9.17, 15) is 9.90 Å². The summed E-state index contributed by atoms with van der Waals surface area (Å²) in [7, 11) is 3.18. The second-order valence-electron chi connectivity index (χ2n) is 6.38. The first-order valence-corrected chi connectivity index (χ1v) is 8.86. The molecule has 0 saturated carbocycles. The van der Waals surface area contributed by atoms with Crippen molar-refractivity contribution in [1.82, 2.24) is 15.5 Å². The van der Waals surface area contributed by atoms with E-state index in [-0.39, 0.29) is 11.7 Å². The first-order chi connectivity index (χ1) is 13.5. The number of benzene rings is 2. The molecule has 0 saturated heterocycles. The summed E-state index contributed by atoms with van der Waals surface area (Å²) in [6, 6.07) is 12.6. The molecule has 0 atom stereocenters. The zero-order valence-electron chi connectivity index (χ0n) is 16.1. The number of methoxy groups -OCH3 is 2. The largest absolute Gasteiger partial charge is 0.507 e. The number of aromatic amines is 1. The van der Waals surface area contributed by atoms with Gasteiger partial charge in [-0.05, 0) is 54.8 Å². The van der Waals surface area contributed by atoms with E-state index in [0.717, 1.165) is 11.1 Å². The Bertz CT molecular complexity index is 982. The van der Waals surface area contributed by atoms with Crippen molar-refractivity contribution < 1.29 is 19.4 Å². The third-order valence-electron chi connectivity index (χ3n) is 4.40. The summed E-state index contributed by atoms with van der Waals surface area (Å²) in [4.78, 5) is 12.4. The molecule has 28 heavy (non-hydrogen) atoms. The van der Waals surface area contributed by atoms with Gasteiger partial charge in [0.05, 0.1) is 19.9 Å². The molecule has 0 radical (unpaired) electrons. The fourth-order valence-electron chi connectivity index (χ4n) is 2.89. The van der Waals surface area contributed by atoms with Crippen LogP contribution in [0.25, 0.3) is 11.3 Å². The highest BCUT2D eigenvalue weighted by atomic mass is 16.5. The highest BCUT2D eigenvalue weighted by Gasteiger charge is 2.13. The van der Waals surface area contributed by atoms with Crippen LogP contribution in [0.3, 0.4) is 0 Å². The lowest BCUT2D eigenvalue weighted by molar-refractivity contribution is 0.0949. The van der Waals surface area contributed by atoms with Crippen LogP contribution in [0.4, 0.5) is 0 Å². The number of ether oxygens (including phenoxy) is 2. The Morgan fingerprint density at radius 2 is 1.89 bits per heavy atom. The van der Waals surface area contributed by atoms with Crippen LogP contribution in [0.2, 0.25) is 0 Å². The van der Waals surface area contributed by atoms with E-state index in [1.54, 1.807) is 32.4 Å². The number of H-pyrrole nitrogens is 1. The van der Waals surface area contributed by atoms with Crippen LogP contribution in [0.15, 0.2) is 42.5 Å². The molecule has 0 aliphatic heterocycles. The number of carbonyl (C=O) groups is 1. The van der Waals surface area contributed by atoms with Gasteiger partial charge in [0.25, 0.3) is 5.91 Å². The summed E-state index contributed by atoms with van der Waals surface area (Å²) in [6.45, 7) is 2.35. The predicted molar refractivity (Wildman–Crippen MR) is 106 cm³/mol. The molecule has 0 bridgehead atoms. The minimum absolute atomic E-state index is 0.131. The van der Waals surface area contributed by atoms with Crippen LogP contribution in [0, 0.1) is 6.92 Å². The molecule has 0 aliphatic carbocycles. The first kappa shape index (κ1) is 19.3. The van der Waals surface area contributed by atoms with Crippen LogP contribution < -0.4 is 14.8 Å². The Morgan fingerprint density at radius 1 is 1.11 bits per heavy atom. The molecule has 0 fully saturated rings. The van der Waals surface area contributed by atoms with E-state index in [1.807, 2.05) is 31.2 Å². The third kappa shape index (κ3) is 4.25. The van der Waals surface area contributed by atoms with Gasteiger partial charge >= 0.3 is 0 Å². The average molecular weight is 381 g/mol. The number of phenolic OH excluding ortho intramolecular Hbond substituents is 1. The molecule has 3 N–H and O–H groups in total. The molecule has 7 heteroatoms. The van der Waals surface area contributed by atoms with Crippen molar-refractivity contribution in [3.8, 4) is 28.5 Å². The number of nitrogens with zero attached hydrogens (tertiary/aromatic N) is 1. The van der Waals surface area contributed by atoms with Gasteiger partial charge in [-0.3, -0.25) is 9.89 Å². The number of rotatable bonds is 7. The maximum Gasteiger partial charge on any atom is 0.269 e. The molecule has 3 rings (SSSR count). The van der Waals surface area contributed by atoms with Crippen LogP contribution in [0.5, 0.6) is 17.2 Å². The number of nitrogens with one attached hydrogen (secondary N) is 2. The second kappa shape index (κ2) is 8.47. The highest BCUT2D eigenvalue weighted by molar-refractivity contribution is 5.93. The summed E-state index contributed by atoms with van der Waals surface area (Å²) in [6.07, 6.45) is 0.645. The number of aromatic hydroxyl groups is 1. The third-order valence-corrected chi connectivity index (χ3v) is 4.40. The Hall–Kier alpha value is -3.48. The fourth-order valence-corrected chi connectivity index (χ4v) is 2.89. The van der Waals surface area contributed by atoms with Crippen molar-refractivity contribution >= 4 is 5.91 Å². The van der Waals surface area contributed by atoms with Crippen LogP contribution >= 0.6 is 0 Å². The molecule has 2 aromatic carbocycles. The van der Waals surface area contributed by atoms with Gasteiger partial charge in [0.2, 0.25) is 0 Å². The number of phenols is 1. The maximum atomic E-state index is 12.4. The second-order valence-corrected chi connectivity index (χ2v) is 6.38. The molecule has 7 nitrogen and oxygen atoms in total. The van der Waals surface area contributed by atoms with Crippen molar-refractivity contribution in [2.45, 2.75) is 13.3 Å².